The van der Waals surface area contributed by atoms with Gasteiger partial charge in [-0.3, -0.25) is 9.59 Å². The fourth-order valence-corrected chi connectivity index (χ4v) is 3.15. The van der Waals surface area contributed by atoms with Gasteiger partial charge in [0.2, 0.25) is 0 Å². The standard InChI is InChI=1S/C21H18N4O4/c1-12-6-5-7-13(10-12)25-19-14(11-22-25)18(26)17(21(28)24-19)20(27)23-15-8-3-4-9-16(15)29-2/h3-11H,1-2H3,(H,23,27)(H2,24,26,28). The molecule has 3 N–H and O–H groups in total. The minimum Gasteiger partial charge on any atom is -0.506 e. The van der Waals surface area contributed by atoms with Crippen LogP contribution in [0.3, 0.4) is 0 Å². The number of aromatic amines is 1. The van der Waals surface area contributed by atoms with E-state index < -0.39 is 22.8 Å². The molecule has 8 heteroatoms. The number of hydrogen-bond acceptors (Lipinski definition) is 5. The number of nitrogens with zero attached hydrogens (tertiary/aromatic N) is 2. The van der Waals surface area contributed by atoms with Crippen molar-refractivity contribution >= 4 is 22.6 Å². The number of H-pyrrole nitrogens is 1. The van der Waals surface area contributed by atoms with E-state index in [-0.39, 0.29) is 5.39 Å². The number of carbonyl (C=O) groups is 1. The van der Waals surface area contributed by atoms with Crippen LogP contribution in [0.15, 0.2) is 59.5 Å². The molecular formula is C21H18N4O4. The van der Waals surface area contributed by atoms with Crippen LogP contribution in [-0.4, -0.2) is 32.9 Å². The minimum atomic E-state index is -0.751. The molecular weight excluding hydrogens is 372 g/mol. The van der Waals surface area contributed by atoms with Crippen LogP contribution in [0.2, 0.25) is 0 Å². The van der Waals surface area contributed by atoms with Crippen molar-refractivity contribution in [3.63, 3.8) is 0 Å². The average molecular weight is 390 g/mol. The number of aryl methyl sites for hydroxylation is 1. The number of para-hydroxylation sites is 2. The smallest absolute Gasteiger partial charge is 0.266 e. The highest BCUT2D eigenvalue weighted by atomic mass is 16.5. The van der Waals surface area contributed by atoms with Gasteiger partial charge in [-0.25, -0.2) is 4.68 Å². The summed E-state index contributed by atoms with van der Waals surface area (Å²) in [5.41, 5.74) is 1.30. The molecule has 2 aromatic carbocycles. The molecule has 0 aliphatic heterocycles. The fourth-order valence-electron chi connectivity index (χ4n) is 3.15. The lowest BCUT2D eigenvalue weighted by Crippen LogP contribution is -2.24. The first-order chi connectivity index (χ1) is 14.0. The van der Waals surface area contributed by atoms with E-state index in [4.69, 9.17) is 4.74 Å². The molecule has 0 bridgehead atoms. The molecule has 0 aliphatic rings. The highest BCUT2D eigenvalue weighted by Crippen LogP contribution is 2.28. The van der Waals surface area contributed by atoms with Crippen molar-refractivity contribution in [3.8, 4) is 17.2 Å². The normalized spacial score (nSPS) is 10.8. The van der Waals surface area contributed by atoms with Gasteiger partial charge in [-0.2, -0.15) is 5.10 Å². The summed E-state index contributed by atoms with van der Waals surface area (Å²) in [6.07, 6.45) is 1.41. The zero-order chi connectivity index (χ0) is 20.5. The molecule has 0 atom stereocenters. The number of anilines is 1. The minimum absolute atomic E-state index is 0.260. The number of methoxy groups -OCH3 is 1. The van der Waals surface area contributed by atoms with Gasteiger partial charge in [0, 0.05) is 0 Å². The molecule has 2 heterocycles. The molecule has 0 spiro atoms. The van der Waals surface area contributed by atoms with Crippen LogP contribution in [-0.2, 0) is 0 Å². The summed E-state index contributed by atoms with van der Waals surface area (Å²) in [6, 6.07) is 14.3. The molecule has 4 aromatic rings. The molecule has 1 amide bonds. The van der Waals surface area contributed by atoms with Crippen LogP contribution in [0.5, 0.6) is 11.5 Å². The number of ether oxygens (including phenoxy) is 1. The first-order valence-corrected chi connectivity index (χ1v) is 8.84. The molecule has 4 rings (SSSR count). The Balaban J connectivity index is 1.79. The molecule has 29 heavy (non-hydrogen) atoms. The Bertz CT molecular complexity index is 1290. The van der Waals surface area contributed by atoms with E-state index in [1.807, 2.05) is 31.2 Å². The summed E-state index contributed by atoms with van der Waals surface area (Å²) < 4.78 is 6.70. The van der Waals surface area contributed by atoms with Crippen molar-refractivity contribution in [2.75, 3.05) is 12.4 Å². The molecule has 0 unspecified atom stereocenters. The Labute approximate surface area is 165 Å². The number of pyridine rings is 1. The number of rotatable bonds is 4. The van der Waals surface area contributed by atoms with E-state index in [0.29, 0.717) is 17.1 Å². The number of fused-ring (bicyclic) bond motifs is 1. The third-order valence-electron chi connectivity index (χ3n) is 4.55. The first-order valence-electron chi connectivity index (χ1n) is 8.84. The Morgan fingerprint density at radius 1 is 1.21 bits per heavy atom. The lowest BCUT2D eigenvalue weighted by molar-refractivity contribution is 0.102. The van der Waals surface area contributed by atoms with Crippen LogP contribution < -0.4 is 15.6 Å². The predicted molar refractivity (Wildman–Crippen MR) is 109 cm³/mol. The van der Waals surface area contributed by atoms with E-state index in [9.17, 15) is 14.7 Å². The Kier molecular flexibility index (Phi) is 4.52. The van der Waals surface area contributed by atoms with E-state index >= 15 is 0 Å². The number of hydrogen-bond donors (Lipinski definition) is 3. The second kappa shape index (κ2) is 7.16. The average Bonchev–Trinajstić information content (AvgIpc) is 3.12. The van der Waals surface area contributed by atoms with E-state index in [1.165, 1.54) is 18.0 Å². The number of amides is 1. The van der Waals surface area contributed by atoms with E-state index in [0.717, 1.165) is 11.3 Å². The lowest BCUT2D eigenvalue weighted by Gasteiger charge is -2.11. The number of aromatic hydroxyl groups is 1. The van der Waals surface area contributed by atoms with Gasteiger partial charge in [-0.15, -0.1) is 0 Å². The number of benzene rings is 2. The largest absolute Gasteiger partial charge is 0.506 e. The highest BCUT2D eigenvalue weighted by molar-refractivity contribution is 6.09. The number of carbonyl (C=O) groups excluding carboxylic acids is 1. The summed E-state index contributed by atoms with van der Waals surface area (Å²) in [5, 5.41) is 17.8. The molecule has 0 saturated heterocycles. The van der Waals surface area contributed by atoms with Gasteiger partial charge in [-0.05, 0) is 36.8 Å². The number of nitrogens with one attached hydrogen (secondary N) is 2. The second-order valence-corrected chi connectivity index (χ2v) is 6.49. The van der Waals surface area contributed by atoms with Gasteiger partial charge in [0.1, 0.15) is 22.7 Å². The number of aromatic nitrogens is 3. The summed E-state index contributed by atoms with van der Waals surface area (Å²) in [5.74, 6) is -0.751. The van der Waals surface area contributed by atoms with Crippen LogP contribution >= 0.6 is 0 Å². The third kappa shape index (κ3) is 3.20. The summed E-state index contributed by atoms with van der Waals surface area (Å²) in [7, 11) is 1.47. The van der Waals surface area contributed by atoms with Gasteiger partial charge in [0.25, 0.3) is 11.5 Å². The van der Waals surface area contributed by atoms with Gasteiger partial charge in [-0.1, -0.05) is 24.3 Å². The quantitative estimate of drug-likeness (QED) is 0.496. The van der Waals surface area contributed by atoms with E-state index in [1.54, 1.807) is 24.3 Å². The van der Waals surface area contributed by atoms with Crippen molar-refractivity contribution in [2.24, 2.45) is 0 Å². The van der Waals surface area contributed by atoms with Crippen LogP contribution in [0, 0.1) is 6.92 Å². The highest BCUT2D eigenvalue weighted by Gasteiger charge is 2.22. The zero-order valence-corrected chi connectivity index (χ0v) is 15.8. The van der Waals surface area contributed by atoms with Gasteiger partial charge in [0.05, 0.1) is 30.1 Å². The van der Waals surface area contributed by atoms with Crippen molar-refractivity contribution in [3.05, 3.63) is 76.2 Å². The Hall–Kier alpha value is -4.07. The summed E-state index contributed by atoms with van der Waals surface area (Å²) in [4.78, 5) is 28.0. The van der Waals surface area contributed by atoms with Crippen molar-refractivity contribution in [2.45, 2.75) is 6.92 Å². The Morgan fingerprint density at radius 3 is 2.76 bits per heavy atom. The van der Waals surface area contributed by atoms with Crippen molar-refractivity contribution in [1.82, 2.24) is 14.8 Å². The summed E-state index contributed by atoms with van der Waals surface area (Å²) >= 11 is 0. The predicted octanol–water partition coefficient (Wildman–Crippen LogP) is 2.99. The van der Waals surface area contributed by atoms with E-state index in [2.05, 4.69) is 15.4 Å². The zero-order valence-electron chi connectivity index (χ0n) is 15.8. The maximum absolute atomic E-state index is 12.7. The van der Waals surface area contributed by atoms with Gasteiger partial charge >= 0.3 is 0 Å². The molecule has 8 nitrogen and oxygen atoms in total. The first kappa shape index (κ1) is 18.3. The lowest BCUT2D eigenvalue weighted by atomic mass is 10.1. The monoisotopic (exact) mass is 390 g/mol. The topological polar surface area (TPSA) is 109 Å². The van der Waals surface area contributed by atoms with Crippen molar-refractivity contribution in [1.29, 1.82) is 0 Å². The Morgan fingerprint density at radius 2 is 2.00 bits per heavy atom. The fraction of sp³-hybridized carbons (Fsp3) is 0.0952. The van der Waals surface area contributed by atoms with Crippen LogP contribution in [0.4, 0.5) is 5.69 Å². The maximum atomic E-state index is 12.7. The molecule has 0 radical (unpaired) electrons. The van der Waals surface area contributed by atoms with Gasteiger partial charge in [0.15, 0.2) is 0 Å². The van der Waals surface area contributed by atoms with Crippen molar-refractivity contribution < 1.29 is 14.6 Å². The van der Waals surface area contributed by atoms with Crippen LogP contribution in [0.25, 0.3) is 16.7 Å². The molecule has 0 aliphatic carbocycles. The van der Waals surface area contributed by atoms with Crippen LogP contribution in [0.1, 0.15) is 15.9 Å². The van der Waals surface area contributed by atoms with Gasteiger partial charge < -0.3 is 20.1 Å². The molecule has 0 fully saturated rings. The second-order valence-electron chi connectivity index (χ2n) is 6.49. The summed E-state index contributed by atoms with van der Waals surface area (Å²) in [6.45, 7) is 1.94. The SMILES string of the molecule is COc1ccccc1NC(=O)c1c(O)c2cnn(-c3cccc(C)c3)c2[nH]c1=O. The molecule has 2 aromatic heterocycles. The molecule has 0 saturated carbocycles. The maximum Gasteiger partial charge on any atom is 0.266 e. The third-order valence-corrected chi connectivity index (χ3v) is 4.55. The molecule has 146 valence electrons.